The number of carbonyl (C=O) groups excluding carboxylic acids is 3. The summed E-state index contributed by atoms with van der Waals surface area (Å²) in [5.74, 6) is -0.702. The molecular weight excluding hydrogens is 324 g/mol. The van der Waals surface area contributed by atoms with Gasteiger partial charge in [-0.3, -0.25) is 10.1 Å². The average Bonchev–Trinajstić information content (AvgIpc) is 2.65. The number of fused-ring (bicyclic) bond motifs is 1. The molecule has 136 valence electrons. The minimum atomic E-state index is -0.761. The van der Waals surface area contributed by atoms with Gasteiger partial charge in [-0.1, -0.05) is 0 Å². The van der Waals surface area contributed by atoms with Gasteiger partial charge in [-0.05, 0) is 52.3 Å². The zero-order chi connectivity index (χ0) is 19.2. The molecule has 7 nitrogen and oxygen atoms in total. The summed E-state index contributed by atoms with van der Waals surface area (Å²) in [7, 11) is 2.91. The van der Waals surface area contributed by atoms with Crippen LogP contribution in [0.3, 0.4) is 0 Å². The standard InChI is InChI=1S/C18H24N2O5/c1-17(2,3)25-16(23)19-12-9-11-13(8-10(12)14(21)24-7)20(6)15(22)18(11,4)5/h8-9H,1-7H3,(H,19,23). The maximum Gasteiger partial charge on any atom is 0.412 e. The van der Waals surface area contributed by atoms with E-state index in [1.54, 1.807) is 53.8 Å². The fourth-order valence-electron chi connectivity index (χ4n) is 2.81. The summed E-state index contributed by atoms with van der Waals surface area (Å²) in [5.41, 5.74) is 0.300. The molecular formula is C18H24N2O5. The van der Waals surface area contributed by atoms with Gasteiger partial charge in [-0.2, -0.15) is 0 Å². The Bertz CT molecular complexity index is 747. The number of anilines is 2. The topological polar surface area (TPSA) is 84.9 Å². The van der Waals surface area contributed by atoms with Gasteiger partial charge in [0.2, 0.25) is 5.91 Å². The van der Waals surface area contributed by atoms with E-state index in [2.05, 4.69) is 5.32 Å². The maximum absolute atomic E-state index is 12.5. The molecule has 0 aliphatic carbocycles. The van der Waals surface area contributed by atoms with Gasteiger partial charge in [0.05, 0.1) is 23.8 Å². The first-order valence-electron chi connectivity index (χ1n) is 7.93. The Labute approximate surface area is 147 Å². The summed E-state index contributed by atoms with van der Waals surface area (Å²) in [6.45, 7) is 8.83. The van der Waals surface area contributed by atoms with Gasteiger partial charge in [0, 0.05) is 12.7 Å². The number of hydrogen-bond acceptors (Lipinski definition) is 5. The van der Waals surface area contributed by atoms with E-state index < -0.39 is 23.1 Å². The number of amides is 2. The predicted molar refractivity (Wildman–Crippen MR) is 94.1 cm³/mol. The molecule has 0 saturated heterocycles. The van der Waals surface area contributed by atoms with Crippen LogP contribution in [0.1, 0.15) is 50.5 Å². The molecule has 0 spiro atoms. The van der Waals surface area contributed by atoms with Crippen molar-refractivity contribution in [2.24, 2.45) is 0 Å². The molecule has 1 aromatic carbocycles. The second-order valence-corrected chi connectivity index (χ2v) is 7.52. The maximum atomic E-state index is 12.5. The van der Waals surface area contributed by atoms with Crippen molar-refractivity contribution >= 4 is 29.3 Å². The first-order valence-corrected chi connectivity index (χ1v) is 7.93. The lowest BCUT2D eigenvalue weighted by molar-refractivity contribution is -0.121. The number of nitrogens with one attached hydrogen (secondary N) is 1. The van der Waals surface area contributed by atoms with E-state index in [4.69, 9.17) is 9.47 Å². The number of likely N-dealkylation sites (N-methyl/N-ethyl adjacent to an activating group) is 1. The molecule has 1 aliphatic heterocycles. The number of methoxy groups -OCH3 is 1. The van der Waals surface area contributed by atoms with Crippen LogP contribution in [-0.2, 0) is 19.7 Å². The number of benzene rings is 1. The zero-order valence-corrected chi connectivity index (χ0v) is 15.6. The Hall–Kier alpha value is -2.57. The van der Waals surface area contributed by atoms with Gasteiger partial charge < -0.3 is 14.4 Å². The minimum absolute atomic E-state index is 0.0901. The van der Waals surface area contributed by atoms with Crippen molar-refractivity contribution in [3.05, 3.63) is 23.3 Å². The molecule has 0 saturated carbocycles. The van der Waals surface area contributed by atoms with Crippen LogP contribution in [0.25, 0.3) is 0 Å². The third-order valence-corrected chi connectivity index (χ3v) is 4.05. The first-order chi connectivity index (χ1) is 11.4. The Morgan fingerprint density at radius 1 is 1.20 bits per heavy atom. The van der Waals surface area contributed by atoms with Crippen molar-refractivity contribution in [1.82, 2.24) is 0 Å². The van der Waals surface area contributed by atoms with Crippen LogP contribution < -0.4 is 10.2 Å². The van der Waals surface area contributed by atoms with Crippen LogP contribution in [0.15, 0.2) is 12.1 Å². The Morgan fingerprint density at radius 3 is 2.32 bits per heavy atom. The number of rotatable bonds is 2. The molecule has 1 aliphatic rings. The molecule has 0 fully saturated rings. The largest absolute Gasteiger partial charge is 0.465 e. The Balaban J connectivity index is 2.52. The molecule has 25 heavy (non-hydrogen) atoms. The van der Waals surface area contributed by atoms with Gasteiger partial charge in [0.15, 0.2) is 0 Å². The molecule has 0 aromatic heterocycles. The van der Waals surface area contributed by atoms with E-state index >= 15 is 0 Å². The number of carbonyl (C=O) groups is 3. The highest BCUT2D eigenvalue weighted by atomic mass is 16.6. The lowest BCUT2D eigenvalue weighted by atomic mass is 9.85. The third kappa shape index (κ3) is 3.45. The molecule has 1 heterocycles. The molecule has 0 bridgehead atoms. The third-order valence-electron chi connectivity index (χ3n) is 4.05. The summed E-state index contributed by atoms with van der Waals surface area (Å²) < 4.78 is 10.0. The molecule has 2 rings (SSSR count). The number of ether oxygens (including phenoxy) is 2. The van der Waals surface area contributed by atoms with Crippen LogP contribution >= 0.6 is 0 Å². The smallest absolute Gasteiger partial charge is 0.412 e. The van der Waals surface area contributed by atoms with E-state index in [1.807, 2.05) is 0 Å². The van der Waals surface area contributed by atoms with Crippen LogP contribution in [0.4, 0.5) is 16.2 Å². The summed E-state index contributed by atoms with van der Waals surface area (Å²) in [6, 6.07) is 3.19. The second-order valence-electron chi connectivity index (χ2n) is 7.52. The highest BCUT2D eigenvalue weighted by Crippen LogP contribution is 2.43. The highest BCUT2D eigenvalue weighted by Gasteiger charge is 2.43. The van der Waals surface area contributed by atoms with Crippen molar-refractivity contribution in [2.45, 2.75) is 45.6 Å². The van der Waals surface area contributed by atoms with E-state index in [-0.39, 0.29) is 17.2 Å². The number of nitrogens with zero attached hydrogens (tertiary/aromatic N) is 1. The lowest BCUT2D eigenvalue weighted by Gasteiger charge is -2.21. The van der Waals surface area contributed by atoms with Crippen molar-refractivity contribution in [3.8, 4) is 0 Å². The van der Waals surface area contributed by atoms with Crippen LogP contribution in [0, 0.1) is 0 Å². The zero-order valence-electron chi connectivity index (χ0n) is 15.6. The van der Waals surface area contributed by atoms with E-state index in [0.717, 1.165) is 5.56 Å². The van der Waals surface area contributed by atoms with Gasteiger partial charge in [-0.15, -0.1) is 0 Å². The van der Waals surface area contributed by atoms with Gasteiger partial charge in [-0.25, -0.2) is 9.59 Å². The van der Waals surface area contributed by atoms with Gasteiger partial charge in [0.25, 0.3) is 0 Å². The highest BCUT2D eigenvalue weighted by molar-refractivity contribution is 6.10. The van der Waals surface area contributed by atoms with E-state index in [9.17, 15) is 14.4 Å². The van der Waals surface area contributed by atoms with Crippen LogP contribution in [0.5, 0.6) is 0 Å². The van der Waals surface area contributed by atoms with Crippen LogP contribution in [-0.4, -0.2) is 37.7 Å². The van der Waals surface area contributed by atoms with Crippen LogP contribution in [0.2, 0.25) is 0 Å². The van der Waals surface area contributed by atoms with Gasteiger partial charge in [0.1, 0.15) is 5.60 Å². The fraction of sp³-hybridized carbons (Fsp3) is 0.500. The molecule has 2 amide bonds. The van der Waals surface area contributed by atoms with Crippen molar-refractivity contribution in [3.63, 3.8) is 0 Å². The summed E-state index contributed by atoms with van der Waals surface area (Å²) >= 11 is 0. The normalized spacial score (nSPS) is 15.6. The average molecular weight is 348 g/mol. The molecule has 0 radical (unpaired) electrons. The molecule has 1 aromatic rings. The number of esters is 1. The van der Waals surface area contributed by atoms with Crippen molar-refractivity contribution < 1.29 is 23.9 Å². The van der Waals surface area contributed by atoms with Crippen molar-refractivity contribution in [1.29, 1.82) is 0 Å². The lowest BCUT2D eigenvalue weighted by Crippen LogP contribution is -2.33. The molecule has 1 N–H and O–H groups in total. The van der Waals surface area contributed by atoms with E-state index in [1.165, 1.54) is 12.0 Å². The Kier molecular flexibility index (Phi) is 4.55. The Morgan fingerprint density at radius 2 is 1.80 bits per heavy atom. The van der Waals surface area contributed by atoms with Crippen molar-refractivity contribution in [2.75, 3.05) is 24.4 Å². The van der Waals surface area contributed by atoms with Gasteiger partial charge >= 0.3 is 12.1 Å². The SMILES string of the molecule is COC(=O)c1cc2c(cc1NC(=O)OC(C)(C)C)C(C)(C)C(=O)N2C. The molecule has 0 unspecified atom stereocenters. The second kappa shape index (κ2) is 6.06. The first kappa shape index (κ1) is 18.8. The number of hydrogen-bond donors (Lipinski definition) is 1. The fourth-order valence-corrected chi connectivity index (χ4v) is 2.81. The predicted octanol–water partition coefficient (Wildman–Crippen LogP) is 3.07. The summed E-state index contributed by atoms with van der Waals surface area (Å²) in [4.78, 5) is 38.2. The summed E-state index contributed by atoms with van der Waals surface area (Å²) in [6.07, 6.45) is -0.687. The monoisotopic (exact) mass is 348 g/mol. The molecule has 0 atom stereocenters. The molecule has 7 heteroatoms. The summed E-state index contributed by atoms with van der Waals surface area (Å²) in [5, 5.41) is 2.59. The quantitative estimate of drug-likeness (QED) is 0.830. The minimum Gasteiger partial charge on any atom is -0.465 e. The van der Waals surface area contributed by atoms with E-state index in [0.29, 0.717) is 5.69 Å².